The summed E-state index contributed by atoms with van der Waals surface area (Å²) in [5, 5.41) is 0. The standard InChI is InChI=1S/C13H18BrF3N2/c1-3-11(18)12(19(2)8-13(15,16)17)9-4-6-10(14)7-5-9/h4-7,11-12H,3,8,18H2,1-2H3. The van der Waals surface area contributed by atoms with Crippen molar-refractivity contribution in [3.63, 3.8) is 0 Å². The minimum Gasteiger partial charge on any atom is -0.326 e. The molecule has 2 N–H and O–H groups in total. The van der Waals surface area contributed by atoms with Gasteiger partial charge in [0.2, 0.25) is 0 Å². The third-order valence-corrected chi connectivity index (χ3v) is 3.52. The number of nitrogens with zero attached hydrogens (tertiary/aromatic N) is 1. The fourth-order valence-corrected chi connectivity index (χ4v) is 2.36. The van der Waals surface area contributed by atoms with Gasteiger partial charge >= 0.3 is 6.18 Å². The van der Waals surface area contributed by atoms with E-state index >= 15 is 0 Å². The SMILES string of the molecule is CCC(N)C(c1ccc(Br)cc1)N(C)CC(F)(F)F. The Morgan fingerprint density at radius 1 is 1.26 bits per heavy atom. The average molecular weight is 339 g/mol. The first kappa shape index (κ1) is 16.5. The van der Waals surface area contributed by atoms with Crippen molar-refractivity contribution in [2.45, 2.75) is 31.6 Å². The highest BCUT2D eigenvalue weighted by atomic mass is 79.9. The Bertz CT molecular complexity index is 392. The van der Waals surface area contributed by atoms with Gasteiger partial charge in [-0.05, 0) is 31.2 Å². The van der Waals surface area contributed by atoms with Crippen LogP contribution >= 0.6 is 15.9 Å². The second kappa shape index (κ2) is 6.72. The molecule has 2 nitrogen and oxygen atoms in total. The lowest BCUT2D eigenvalue weighted by Gasteiger charge is -2.33. The van der Waals surface area contributed by atoms with Crippen LogP contribution in [0.5, 0.6) is 0 Å². The lowest BCUT2D eigenvalue weighted by atomic mass is 9.97. The maximum atomic E-state index is 12.5. The number of alkyl halides is 3. The van der Waals surface area contributed by atoms with Crippen LogP contribution in [0.15, 0.2) is 28.7 Å². The second-order valence-corrected chi connectivity index (χ2v) is 5.51. The molecular weight excluding hydrogens is 321 g/mol. The second-order valence-electron chi connectivity index (χ2n) is 4.60. The Balaban J connectivity index is 2.98. The molecule has 0 saturated heterocycles. The van der Waals surface area contributed by atoms with E-state index in [1.165, 1.54) is 11.9 Å². The quantitative estimate of drug-likeness (QED) is 0.886. The van der Waals surface area contributed by atoms with Crippen LogP contribution in [0, 0.1) is 0 Å². The van der Waals surface area contributed by atoms with Crippen molar-refractivity contribution in [1.82, 2.24) is 4.90 Å². The molecule has 0 amide bonds. The maximum Gasteiger partial charge on any atom is 0.401 e. The van der Waals surface area contributed by atoms with Gasteiger partial charge < -0.3 is 5.73 Å². The van der Waals surface area contributed by atoms with E-state index < -0.39 is 18.8 Å². The van der Waals surface area contributed by atoms with Gasteiger partial charge in [0.05, 0.1) is 6.54 Å². The molecule has 0 radical (unpaired) electrons. The van der Waals surface area contributed by atoms with Crippen LogP contribution in [-0.2, 0) is 0 Å². The van der Waals surface area contributed by atoms with Crippen molar-refractivity contribution in [3.05, 3.63) is 34.3 Å². The lowest BCUT2D eigenvalue weighted by Crippen LogP contribution is -2.42. The molecule has 0 heterocycles. The highest BCUT2D eigenvalue weighted by molar-refractivity contribution is 9.10. The van der Waals surface area contributed by atoms with Gasteiger partial charge in [-0.25, -0.2) is 0 Å². The molecule has 1 aromatic carbocycles. The van der Waals surface area contributed by atoms with Gasteiger partial charge in [-0.1, -0.05) is 35.0 Å². The minimum absolute atomic E-state index is 0.339. The van der Waals surface area contributed by atoms with Crippen LogP contribution < -0.4 is 5.73 Å². The molecule has 0 spiro atoms. The fraction of sp³-hybridized carbons (Fsp3) is 0.538. The van der Waals surface area contributed by atoms with Crippen molar-refractivity contribution in [2.24, 2.45) is 5.73 Å². The van der Waals surface area contributed by atoms with Crippen molar-refractivity contribution in [1.29, 1.82) is 0 Å². The Kier molecular flexibility index (Phi) is 5.82. The largest absolute Gasteiger partial charge is 0.401 e. The molecule has 1 aromatic rings. The summed E-state index contributed by atoms with van der Waals surface area (Å²) in [4.78, 5) is 1.26. The lowest BCUT2D eigenvalue weighted by molar-refractivity contribution is -0.148. The van der Waals surface area contributed by atoms with E-state index in [9.17, 15) is 13.2 Å². The number of hydrogen-bond donors (Lipinski definition) is 1. The van der Waals surface area contributed by atoms with Crippen LogP contribution in [-0.4, -0.2) is 30.7 Å². The van der Waals surface area contributed by atoms with E-state index in [4.69, 9.17) is 5.73 Å². The topological polar surface area (TPSA) is 29.3 Å². The molecule has 6 heteroatoms. The van der Waals surface area contributed by atoms with E-state index in [0.29, 0.717) is 6.42 Å². The van der Waals surface area contributed by atoms with E-state index in [-0.39, 0.29) is 6.04 Å². The minimum atomic E-state index is -4.23. The zero-order valence-corrected chi connectivity index (χ0v) is 12.5. The highest BCUT2D eigenvalue weighted by Crippen LogP contribution is 2.28. The molecule has 0 aliphatic carbocycles. The summed E-state index contributed by atoms with van der Waals surface area (Å²) in [5.41, 5.74) is 6.78. The van der Waals surface area contributed by atoms with Gasteiger partial charge in [-0.15, -0.1) is 0 Å². The summed E-state index contributed by atoms with van der Waals surface area (Å²) >= 11 is 3.31. The molecule has 2 atom stereocenters. The third-order valence-electron chi connectivity index (χ3n) is 2.99. The molecule has 0 aliphatic heterocycles. The van der Waals surface area contributed by atoms with Gasteiger partial charge in [0.15, 0.2) is 0 Å². The van der Waals surface area contributed by atoms with Gasteiger partial charge in [0.1, 0.15) is 0 Å². The molecule has 0 saturated carbocycles. The molecule has 0 aromatic heterocycles. The van der Waals surface area contributed by atoms with E-state index in [1.807, 2.05) is 19.1 Å². The summed E-state index contributed by atoms with van der Waals surface area (Å²) in [7, 11) is 1.45. The molecular formula is C13H18BrF3N2. The first-order valence-electron chi connectivity index (χ1n) is 6.02. The third kappa shape index (κ3) is 5.12. The van der Waals surface area contributed by atoms with Gasteiger partial charge in [0, 0.05) is 16.6 Å². The molecule has 108 valence electrons. The molecule has 0 aliphatic rings. The Morgan fingerprint density at radius 2 is 1.79 bits per heavy atom. The summed E-state index contributed by atoms with van der Waals surface area (Å²) in [5.74, 6) is 0. The summed E-state index contributed by atoms with van der Waals surface area (Å²) in [6.07, 6.45) is -3.61. The van der Waals surface area contributed by atoms with Gasteiger partial charge in [0.25, 0.3) is 0 Å². The highest BCUT2D eigenvalue weighted by Gasteiger charge is 2.34. The molecule has 19 heavy (non-hydrogen) atoms. The summed E-state index contributed by atoms with van der Waals surface area (Å²) in [6, 6.07) is 6.44. The number of likely N-dealkylation sites (N-methyl/N-ethyl adjacent to an activating group) is 1. The van der Waals surface area contributed by atoms with E-state index in [2.05, 4.69) is 15.9 Å². The number of halogens is 4. The first-order valence-corrected chi connectivity index (χ1v) is 6.82. The van der Waals surface area contributed by atoms with Crippen LogP contribution in [0.4, 0.5) is 13.2 Å². The van der Waals surface area contributed by atoms with Gasteiger partial charge in [-0.2, -0.15) is 13.2 Å². The molecule has 0 fully saturated rings. The maximum absolute atomic E-state index is 12.5. The van der Waals surface area contributed by atoms with Crippen LogP contribution in [0.3, 0.4) is 0 Å². The predicted octanol–water partition coefficient (Wildman–Crippen LogP) is 3.72. The average Bonchev–Trinajstić information content (AvgIpc) is 2.29. The van der Waals surface area contributed by atoms with Crippen molar-refractivity contribution in [2.75, 3.05) is 13.6 Å². The smallest absolute Gasteiger partial charge is 0.326 e. The summed E-state index contributed by atoms with van der Waals surface area (Å²) in [6.45, 7) is 0.902. The number of hydrogen-bond acceptors (Lipinski definition) is 2. The van der Waals surface area contributed by atoms with Gasteiger partial charge in [-0.3, -0.25) is 4.90 Å². The van der Waals surface area contributed by atoms with E-state index in [0.717, 1.165) is 10.0 Å². The van der Waals surface area contributed by atoms with Crippen LogP contribution in [0.25, 0.3) is 0 Å². The Labute approximate surface area is 119 Å². The van der Waals surface area contributed by atoms with Crippen molar-refractivity contribution < 1.29 is 13.2 Å². The molecule has 2 unspecified atom stereocenters. The number of benzene rings is 1. The predicted molar refractivity (Wildman–Crippen MR) is 73.8 cm³/mol. The zero-order chi connectivity index (χ0) is 14.6. The zero-order valence-electron chi connectivity index (χ0n) is 10.9. The Morgan fingerprint density at radius 3 is 2.21 bits per heavy atom. The fourth-order valence-electron chi connectivity index (χ4n) is 2.09. The molecule has 1 rings (SSSR count). The van der Waals surface area contributed by atoms with Crippen molar-refractivity contribution in [3.8, 4) is 0 Å². The molecule has 0 bridgehead atoms. The van der Waals surface area contributed by atoms with Crippen LogP contribution in [0.1, 0.15) is 24.9 Å². The number of rotatable bonds is 5. The monoisotopic (exact) mass is 338 g/mol. The van der Waals surface area contributed by atoms with E-state index in [1.54, 1.807) is 12.1 Å². The summed E-state index contributed by atoms with van der Waals surface area (Å²) < 4.78 is 38.5. The number of nitrogens with two attached hydrogens (primary N) is 1. The first-order chi connectivity index (χ1) is 8.74. The van der Waals surface area contributed by atoms with Crippen LogP contribution in [0.2, 0.25) is 0 Å². The van der Waals surface area contributed by atoms with Crippen molar-refractivity contribution >= 4 is 15.9 Å². The normalized spacial score (nSPS) is 15.6. The Hall–Kier alpha value is -0.590.